The normalized spacial score (nSPS) is 20.5. The highest BCUT2D eigenvalue weighted by atomic mass is 79.9. The molecule has 98 valence electrons. The van der Waals surface area contributed by atoms with Crippen LogP contribution >= 0.6 is 26.6 Å². The molecule has 0 radical (unpaired) electrons. The number of amides is 1. The molecule has 1 aromatic carbocycles. The third-order valence-corrected chi connectivity index (χ3v) is 5.05. The lowest BCUT2D eigenvalue weighted by molar-refractivity contribution is -0.117. The molecule has 1 aliphatic heterocycles. The van der Waals surface area contributed by atoms with E-state index in [4.69, 9.17) is 10.7 Å². The van der Waals surface area contributed by atoms with Crippen LogP contribution in [0.15, 0.2) is 22.7 Å². The first-order chi connectivity index (χ1) is 8.29. The third kappa shape index (κ3) is 2.67. The van der Waals surface area contributed by atoms with E-state index in [1.54, 1.807) is 0 Å². The topological polar surface area (TPSA) is 54.5 Å². The number of nitrogens with zero attached hydrogens (tertiary/aromatic N) is 1. The minimum Gasteiger partial charge on any atom is -0.308 e. The van der Waals surface area contributed by atoms with Crippen LogP contribution in [0, 0.1) is 5.82 Å². The molecule has 0 spiro atoms. The van der Waals surface area contributed by atoms with Crippen molar-refractivity contribution in [2.75, 3.05) is 11.4 Å². The zero-order valence-corrected chi connectivity index (χ0v) is 12.1. The molecular formula is C10H8BrClFNO3S. The van der Waals surface area contributed by atoms with Crippen molar-refractivity contribution in [3.05, 3.63) is 28.5 Å². The van der Waals surface area contributed by atoms with Gasteiger partial charge in [0.2, 0.25) is 15.0 Å². The molecule has 0 N–H and O–H groups in total. The summed E-state index contributed by atoms with van der Waals surface area (Å²) in [4.78, 5) is 12.8. The lowest BCUT2D eigenvalue weighted by Gasteiger charge is -2.17. The fourth-order valence-electron chi connectivity index (χ4n) is 1.79. The molecule has 1 unspecified atom stereocenters. The number of halogens is 3. The lowest BCUT2D eigenvalue weighted by Crippen LogP contribution is -2.27. The Hall–Kier alpha value is -0.660. The molecule has 1 heterocycles. The van der Waals surface area contributed by atoms with Gasteiger partial charge >= 0.3 is 0 Å². The van der Waals surface area contributed by atoms with Gasteiger partial charge in [-0.25, -0.2) is 12.8 Å². The van der Waals surface area contributed by atoms with E-state index in [0.717, 1.165) is 4.90 Å². The summed E-state index contributed by atoms with van der Waals surface area (Å²) in [6, 6.07) is 4.13. The van der Waals surface area contributed by atoms with Crippen molar-refractivity contribution in [2.24, 2.45) is 0 Å². The van der Waals surface area contributed by atoms with Crippen LogP contribution in [0.3, 0.4) is 0 Å². The smallest absolute Gasteiger partial charge is 0.237 e. The molecule has 1 aliphatic rings. The SMILES string of the molecule is O=C1CC(S(=O)(=O)Cl)CN1c1cc(Br)ccc1F. The molecule has 0 bridgehead atoms. The summed E-state index contributed by atoms with van der Waals surface area (Å²) in [6.07, 6.45) is -0.224. The fourth-order valence-corrected chi connectivity index (χ4v) is 3.16. The third-order valence-electron chi connectivity index (χ3n) is 2.69. The number of rotatable bonds is 2. The molecule has 1 amide bonds. The quantitative estimate of drug-likeness (QED) is 0.764. The zero-order chi connectivity index (χ0) is 13.5. The number of hydrogen-bond acceptors (Lipinski definition) is 3. The average molecular weight is 357 g/mol. The Bertz CT molecular complexity index is 607. The highest BCUT2D eigenvalue weighted by Crippen LogP contribution is 2.30. The molecule has 1 saturated heterocycles. The summed E-state index contributed by atoms with van der Waals surface area (Å²) in [5, 5.41) is -0.995. The van der Waals surface area contributed by atoms with Crippen LogP contribution in [0.2, 0.25) is 0 Å². The predicted octanol–water partition coefficient (Wildman–Crippen LogP) is 2.26. The molecule has 2 rings (SSSR count). The second-order valence-corrected chi connectivity index (χ2v) is 7.73. The van der Waals surface area contributed by atoms with E-state index >= 15 is 0 Å². The van der Waals surface area contributed by atoms with E-state index < -0.39 is 26.0 Å². The van der Waals surface area contributed by atoms with Crippen molar-refractivity contribution >= 4 is 47.3 Å². The summed E-state index contributed by atoms with van der Waals surface area (Å²) in [5.74, 6) is -1.04. The number of benzene rings is 1. The Balaban J connectivity index is 2.35. The van der Waals surface area contributed by atoms with Gasteiger partial charge in [0, 0.05) is 28.1 Å². The molecule has 0 saturated carbocycles. The Morgan fingerprint density at radius 1 is 1.44 bits per heavy atom. The van der Waals surface area contributed by atoms with E-state index in [1.807, 2.05) is 0 Å². The Morgan fingerprint density at radius 3 is 2.67 bits per heavy atom. The van der Waals surface area contributed by atoms with Gasteiger partial charge in [-0.1, -0.05) is 15.9 Å². The molecule has 18 heavy (non-hydrogen) atoms. The first-order valence-electron chi connectivity index (χ1n) is 4.98. The van der Waals surface area contributed by atoms with Crippen LogP contribution < -0.4 is 4.90 Å². The summed E-state index contributed by atoms with van der Waals surface area (Å²) >= 11 is 3.17. The van der Waals surface area contributed by atoms with Crippen LogP contribution in [0.25, 0.3) is 0 Å². The van der Waals surface area contributed by atoms with Crippen molar-refractivity contribution in [1.82, 2.24) is 0 Å². The molecule has 1 fully saturated rings. The Labute approximate surface area is 116 Å². The van der Waals surface area contributed by atoms with Gasteiger partial charge in [0.05, 0.1) is 5.69 Å². The highest BCUT2D eigenvalue weighted by Gasteiger charge is 2.38. The van der Waals surface area contributed by atoms with E-state index in [-0.39, 0.29) is 18.7 Å². The standard InChI is InChI=1S/C10H8BrClFNO3S/c11-6-1-2-8(13)9(3-6)14-5-7(4-10(14)15)18(12,16)17/h1-3,7H,4-5H2. The van der Waals surface area contributed by atoms with Crippen molar-refractivity contribution in [3.63, 3.8) is 0 Å². The molecule has 8 heteroatoms. The van der Waals surface area contributed by atoms with E-state index in [9.17, 15) is 17.6 Å². The maximum Gasteiger partial charge on any atom is 0.237 e. The lowest BCUT2D eigenvalue weighted by atomic mass is 10.3. The zero-order valence-electron chi connectivity index (χ0n) is 8.94. The summed E-state index contributed by atoms with van der Waals surface area (Å²) in [7, 11) is 1.40. The van der Waals surface area contributed by atoms with Crippen LogP contribution in [-0.2, 0) is 13.8 Å². The summed E-state index contributed by atoms with van der Waals surface area (Å²) in [6.45, 7) is -0.127. The van der Waals surface area contributed by atoms with Gasteiger partial charge in [-0.3, -0.25) is 4.79 Å². The summed E-state index contributed by atoms with van der Waals surface area (Å²) in [5.41, 5.74) is 0.0530. The van der Waals surface area contributed by atoms with E-state index in [2.05, 4.69) is 15.9 Å². The highest BCUT2D eigenvalue weighted by molar-refractivity contribution is 9.10. The van der Waals surface area contributed by atoms with Crippen LogP contribution in [-0.4, -0.2) is 26.1 Å². The molecule has 1 aromatic rings. The van der Waals surface area contributed by atoms with Crippen LogP contribution in [0.4, 0.5) is 10.1 Å². The average Bonchev–Trinajstić information content (AvgIpc) is 2.64. The van der Waals surface area contributed by atoms with Gasteiger partial charge < -0.3 is 4.90 Å². The van der Waals surface area contributed by atoms with E-state index in [0.29, 0.717) is 4.47 Å². The molecule has 4 nitrogen and oxygen atoms in total. The van der Waals surface area contributed by atoms with Gasteiger partial charge in [-0.2, -0.15) is 0 Å². The fraction of sp³-hybridized carbons (Fsp3) is 0.300. The minimum absolute atomic E-state index is 0.0530. The number of carbonyl (C=O) groups excluding carboxylic acids is 1. The second kappa shape index (κ2) is 4.79. The molecular weight excluding hydrogens is 349 g/mol. The molecule has 0 aromatic heterocycles. The largest absolute Gasteiger partial charge is 0.308 e. The maximum atomic E-state index is 13.6. The predicted molar refractivity (Wildman–Crippen MR) is 69.6 cm³/mol. The van der Waals surface area contributed by atoms with Gasteiger partial charge in [0.25, 0.3) is 0 Å². The maximum absolute atomic E-state index is 13.6. The number of carbonyl (C=O) groups is 1. The monoisotopic (exact) mass is 355 g/mol. The number of hydrogen-bond donors (Lipinski definition) is 0. The van der Waals surface area contributed by atoms with Crippen molar-refractivity contribution < 1.29 is 17.6 Å². The van der Waals surface area contributed by atoms with Crippen LogP contribution in [0.5, 0.6) is 0 Å². The van der Waals surface area contributed by atoms with Crippen molar-refractivity contribution in [1.29, 1.82) is 0 Å². The Kier molecular flexibility index (Phi) is 3.66. The molecule has 1 atom stereocenters. The van der Waals surface area contributed by atoms with Gasteiger partial charge in [0.15, 0.2) is 0 Å². The van der Waals surface area contributed by atoms with Gasteiger partial charge in [-0.15, -0.1) is 0 Å². The van der Waals surface area contributed by atoms with Crippen molar-refractivity contribution in [3.8, 4) is 0 Å². The van der Waals surface area contributed by atoms with Gasteiger partial charge in [-0.05, 0) is 18.2 Å². The second-order valence-electron chi connectivity index (χ2n) is 3.90. The van der Waals surface area contributed by atoms with Gasteiger partial charge in [0.1, 0.15) is 11.1 Å². The first kappa shape index (κ1) is 13.8. The summed E-state index contributed by atoms with van der Waals surface area (Å²) < 4.78 is 36.6. The van der Waals surface area contributed by atoms with E-state index in [1.165, 1.54) is 18.2 Å². The first-order valence-corrected chi connectivity index (χ1v) is 8.14. The minimum atomic E-state index is -3.82. The van der Waals surface area contributed by atoms with Crippen molar-refractivity contribution in [2.45, 2.75) is 11.7 Å². The number of anilines is 1. The molecule has 0 aliphatic carbocycles. The Morgan fingerprint density at radius 2 is 2.11 bits per heavy atom. The van der Waals surface area contributed by atoms with Crippen LogP contribution in [0.1, 0.15) is 6.42 Å².